The van der Waals surface area contributed by atoms with Gasteiger partial charge in [-0.25, -0.2) is 0 Å². The highest BCUT2D eigenvalue weighted by Gasteiger charge is 2.22. The summed E-state index contributed by atoms with van der Waals surface area (Å²) >= 11 is 3.43. The monoisotopic (exact) mass is 354 g/mol. The Hall–Kier alpha value is -1.07. The molecule has 1 aliphatic carbocycles. The lowest BCUT2D eigenvalue weighted by atomic mass is 10.1. The van der Waals surface area contributed by atoms with Crippen molar-refractivity contribution in [2.75, 3.05) is 0 Å². The number of carbonyl (C=O) groups excluding carboxylic acids is 1. The fraction of sp³-hybridized carbons (Fsp3) is 0.562. The Morgan fingerprint density at radius 2 is 2.05 bits per heavy atom. The molecule has 1 unspecified atom stereocenters. The number of halogens is 1. The van der Waals surface area contributed by atoms with Crippen LogP contribution >= 0.6 is 15.9 Å². The molecule has 1 amide bonds. The van der Waals surface area contributed by atoms with Gasteiger partial charge < -0.3 is 15.8 Å². The molecule has 1 aromatic carbocycles. The van der Waals surface area contributed by atoms with Crippen molar-refractivity contribution >= 4 is 21.8 Å². The molecule has 2 rings (SSSR count). The molecule has 0 heterocycles. The molecule has 1 aliphatic rings. The summed E-state index contributed by atoms with van der Waals surface area (Å²) in [6.07, 6.45) is 4.01. The van der Waals surface area contributed by atoms with Crippen LogP contribution in [0, 0.1) is 0 Å². The summed E-state index contributed by atoms with van der Waals surface area (Å²) in [5.41, 5.74) is 6.86. The molecule has 4 nitrogen and oxygen atoms in total. The molecule has 5 heteroatoms. The first-order valence-electron chi connectivity index (χ1n) is 7.49. The Balaban J connectivity index is 2.01. The summed E-state index contributed by atoms with van der Waals surface area (Å²) in [5.74, 6) is 0.614. The summed E-state index contributed by atoms with van der Waals surface area (Å²) in [6, 6.07) is 5.83. The highest BCUT2D eigenvalue weighted by atomic mass is 79.9. The van der Waals surface area contributed by atoms with E-state index in [4.69, 9.17) is 10.5 Å². The highest BCUT2D eigenvalue weighted by molar-refractivity contribution is 9.10. The minimum absolute atomic E-state index is 0.0551. The summed E-state index contributed by atoms with van der Waals surface area (Å²) < 4.78 is 6.77. The van der Waals surface area contributed by atoms with E-state index in [0.29, 0.717) is 11.8 Å². The van der Waals surface area contributed by atoms with Crippen LogP contribution in [0.5, 0.6) is 5.75 Å². The Morgan fingerprint density at radius 3 is 2.67 bits per heavy atom. The molecule has 1 saturated carbocycles. The van der Waals surface area contributed by atoms with E-state index in [-0.39, 0.29) is 11.9 Å². The molecule has 0 radical (unpaired) electrons. The maximum Gasteiger partial charge on any atom is 0.260 e. The number of rotatable bonds is 5. The van der Waals surface area contributed by atoms with Gasteiger partial charge in [-0.3, -0.25) is 4.79 Å². The Labute approximate surface area is 134 Å². The van der Waals surface area contributed by atoms with Crippen molar-refractivity contribution in [3.63, 3.8) is 0 Å². The van der Waals surface area contributed by atoms with Crippen molar-refractivity contribution in [3.05, 3.63) is 28.2 Å². The third-order valence-corrected chi connectivity index (χ3v) is 4.33. The number of nitrogens with two attached hydrogens (primary N) is 1. The van der Waals surface area contributed by atoms with Crippen molar-refractivity contribution < 1.29 is 9.53 Å². The van der Waals surface area contributed by atoms with Crippen LogP contribution in [0.2, 0.25) is 0 Å². The van der Waals surface area contributed by atoms with Gasteiger partial charge in [-0.1, -0.05) is 28.8 Å². The maximum absolute atomic E-state index is 12.2. The fourth-order valence-electron chi connectivity index (χ4n) is 2.62. The molecule has 116 valence electrons. The van der Waals surface area contributed by atoms with Crippen molar-refractivity contribution in [2.45, 2.75) is 57.7 Å². The topological polar surface area (TPSA) is 64.3 Å². The van der Waals surface area contributed by atoms with Gasteiger partial charge in [0, 0.05) is 22.1 Å². The molecule has 0 saturated heterocycles. The van der Waals surface area contributed by atoms with E-state index in [1.807, 2.05) is 25.1 Å². The smallest absolute Gasteiger partial charge is 0.260 e. The summed E-state index contributed by atoms with van der Waals surface area (Å²) in [6.45, 7) is 3.68. The maximum atomic E-state index is 12.2. The van der Waals surface area contributed by atoms with Gasteiger partial charge >= 0.3 is 0 Å². The van der Waals surface area contributed by atoms with Crippen LogP contribution in [0.1, 0.15) is 51.1 Å². The second-order valence-corrected chi connectivity index (χ2v) is 6.64. The zero-order chi connectivity index (χ0) is 15.4. The zero-order valence-corrected chi connectivity index (χ0v) is 14.2. The summed E-state index contributed by atoms with van der Waals surface area (Å²) in [4.78, 5) is 12.2. The first kappa shape index (κ1) is 16.3. The minimum atomic E-state index is -0.524. The number of benzene rings is 1. The predicted octanol–water partition coefficient (Wildman–Crippen LogP) is 3.29. The van der Waals surface area contributed by atoms with Gasteiger partial charge in [-0.15, -0.1) is 0 Å². The lowest BCUT2D eigenvalue weighted by Gasteiger charge is -2.20. The predicted molar refractivity (Wildman–Crippen MR) is 87.2 cm³/mol. The average Bonchev–Trinajstić information content (AvgIpc) is 2.93. The van der Waals surface area contributed by atoms with Crippen molar-refractivity contribution in [1.29, 1.82) is 0 Å². The van der Waals surface area contributed by atoms with E-state index in [0.717, 1.165) is 22.9 Å². The number of carbonyl (C=O) groups is 1. The second-order valence-electron chi connectivity index (χ2n) is 5.72. The van der Waals surface area contributed by atoms with E-state index in [1.54, 1.807) is 6.92 Å². The molecular formula is C16H23BrN2O2. The number of nitrogens with one attached hydrogen (secondary N) is 1. The van der Waals surface area contributed by atoms with Gasteiger partial charge in [0.2, 0.25) is 0 Å². The Kier molecular flexibility index (Phi) is 5.65. The lowest BCUT2D eigenvalue weighted by molar-refractivity contribution is -0.128. The highest BCUT2D eigenvalue weighted by Crippen LogP contribution is 2.28. The number of hydrogen-bond donors (Lipinski definition) is 2. The van der Waals surface area contributed by atoms with Crippen molar-refractivity contribution in [3.8, 4) is 5.75 Å². The Bertz CT molecular complexity index is 499. The largest absolute Gasteiger partial charge is 0.481 e. The molecule has 3 N–H and O–H groups in total. The van der Waals surface area contributed by atoms with Gasteiger partial charge in [0.05, 0.1) is 0 Å². The van der Waals surface area contributed by atoms with Crippen LogP contribution in [0.3, 0.4) is 0 Å². The van der Waals surface area contributed by atoms with Crippen molar-refractivity contribution in [1.82, 2.24) is 5.32 Å². The second kappa shape index (κ2) is 7.27. The molecular weight excluding hydrogens is 332 g/mol. The van der Waals surface area contributed by atoms with Crippen LogP contribution < -0.4 is 15.8 Å². The van der Waals surface area contributed by atoms with Gasteiger partial charge in [0.1, 0.15) is 5.75 Å². The number of amides is 1. The quantitative estimate of drug-likeness (QED) is 0.852. The lowest BCUT2D eigenvalue weighted by Crippen LogP contribution is -2.41. The van der Waals surface area contributed by atoms with Crippen LogP contribution in [-0.4, -0.2) is 18.1 Å². The van der Waals surface area contributed by atoms with Gasteiger partial charge in [-0.05, 0) is 44.9 Å². The summed E-state index contributed by atoms with van der Waals surface area (Å²) in [5, 5.41) is 3.05. The van der Waals surface area contributed by atoms with E-state index in [9.17, 15) is 4.79 Å². The molecule has 1 aromatic rings. The van der Waals surface area contributed by atoms with Crippen molar-refractivity contribution in [2.24, 2.45) is 5.73 Å². The van der Waals surface area contributed by atoms with E-state index in [1.165, 1.54) is 12.8 Å². The fourth-order valence-corrected chi connectivity index (χ4v) is 2.99. The SMILES string of the molecule is CC(Oc1ccc(Br)cc1[C@@H](C)N)C(=O)NC1CCCC1. The molecule has 2 atom stereocenters. The van der Waals surface area contributed by atoms with Crippen LogP contribution in [0.4, 0.5) is 0 Å². The molecule has 0 aliphatic heterocycles. The zero-order valence-electron chi connectivity index (χ0n) is 12.6. The average molecular weight is 355 g/mol. The van der Waals surface area contributed by atoms with Gasteiger partial charge in [0.15, 0.2) is 6.10 Å². The van der Waals surface area contributed by atoms with Crippen LogP contribution in [0.25, 0.3) is 0 Å². The van der Waals surface area contributed by atoms with E-state index < -0.39 is 6.10 Å². The molecule has 1 fully saturated rings. The van der Waals surface area contributed by atoms with Crippen LogP contribution in [-0.2, 0) is 4.79 Å². The molecule has 0 spiro atoms. The third-order valence-electron chi connectivity index (χ3n) is 3.84. The number of hydrogen-bond acceptors (Lipinski definition) is 3. The van der Waals surface area contributed by atoms with Gasteiger partial charge in [-0.2, -0.15) is 0 Å². The molecule has 0 bridgehead atoms. The normalized spacial score (nSPS) is 18.3. The standard InChI is InChI=1S/C16H23BrN2O2/c1-10(18)14-9-12(17)7-8-15(14)21-11(2)16(20)19-13-5-3-4-6-13/h7-11,13H,3-6,18H2,1-2H3,(H,19,20)/t10-,11?/m1/s1. The molecule has 21 heavy (non-hydrogen) atoms. The molecule has 0 aromatic heterocycles. The first-order valence-corrected chi connectivity index (χ1v) is 8.28. The summed E-state index contributed by atoms with van der Waals surface area (Å²) in [7, 11) is 0. The van der Waals surface area contributed by atoms with Gasteiger partial charge in [0.25, 0.3) is 5.91 Å². The van der Waals surface area contributed by atoms with Crippen LogP contribution in [0.15, 0.2) is 22.7 Å². The third kappa shape index (κ3) is 4.45. The Morgan fingerprint density at radius 1 is 1.38 bits per heavy atom. The minimum Gasteiger partial charge on any atom is -0.481 e. The van der Waals surface area contributed by atoms with E-state index >= 15 is 0 Å². The first-order chi connectivity index (χ1) is 9.97. The number of ether oxygens (including phenoxy) is 1. The van der Waals surface area contributed by atoms with E-state index in [2.05, 4.69) is 21.2 Å².